The zero-order valence-corrected chi connectivity index (χ0v) is 15.1. The topological polar surface area (TPSA) is 132 Å². The molecule has 1 amide bonds. The van der Waals surface area contributed by atoms with Gasteiger partial charge in [-0.1, -0.05) is 0 Å². The number of amides is 1. The van der Waals surface area contributed by atoms with Crippen LogP contribution in [0.25, 0.3) is 16.9 Å². The lowest BCUT2D eigenvalue weighted by molar-refractivity contribution is -0.136. The van der Waals surface area contributed by atoms with Crippen LogP contribution in [0.15, 0.2) is 54.6 Å². The largest absolute Gasteiger partial charge is 0.508 e. The summed E-state index contributed by atoms with van der Waals surface area (Å²) in [5.74, 6) is -1.28. The standard InChI is InChI=1S/C21H21N3O4/c22-12-15-11-14(21(23)28)3-8-19(15)24-16(5-10-20(26)27)4-9-18(24)13-1-6-17(25)7-2-13/h1-4,6-9,11,25H,5,10,12,22H2,(H2,23,28)(H,26,27). The van der Waals surface area contributed by atoms with Crippen molar-refractivity contribution in [2.24, 2.45) is 11.5 Å². The van der Waals surface area contributed by atoms with Gasteiger partial charge in [0.2, 0.25) is 5.91 Å². The molecule has 0 unspecified atom stereocenters. The minimum Gasteiger partial charge on any atom is -0.508 e. The van der Waals surface area contributed by atoms with E-state index < -0.39 is 11.9 Å². The number of primary amides is 1. The fourth-order valence-electron chi connectivity index (χ4n) is 3.17. The first-order chi connectivity index (χ1) is 13.4. The number of carboxylic acid groups (broad SMARTS) is 1. The van der Waals surface area contributed by atoms with E-state index in [9.17, 15) is 14.7 Å². The fourth-order valence-corrected chi connectivity index (χ4v) is 3.17. The van der Waals surface area contributed by atoms with E-state index >= 15 is 0 Å². The third-order valence-corrected chi connectivity index (χ3v) is 4.54. The monoisotopic (exact) mass is 379 g/mol. The zero-order valence-electron chi connectivity index (χ0n) is 15.1. The van der Waals surface area contributed by atoms with Crippen LogP contribution >= 0.6 is 0 Å². The number of carbonyl (C=O) groups is 2. The molecule has 7 nitrogen and oxygen atoms in total. The van der Waals surface area contributed by atoms with E-state index in [1.165, 1.54) is 0 Å². The van der Waals surface area contributed by atoms with Gasteiger partial charge in [0.15, 0.2) is 0 Å². The van der Waals surface area contributed by atoms with Gasteiger partial charge in [-0.3, -0.25) is 9.59 Å². The quantitative estimate of drug-likeness (QED) is 0.501. The maximum Gasteiger partial charge on any atom is 0.303 e. The molecule has 0 aliphatic carbocycles. The third kappa shape index (κ3) is 3.89. The number of nitrogens with two attached hydrogens (primary N) is 2. The Hall–Kier alpha value is -3.58. The van der Waals surface area contributed by atoms with Gasteiger partial charge in [-0.05, 0) is 72.1 Å². The van der Waals surface area contributed by atoms with Gasteiger partial charge in [-0.2, -0.15) is 0 Å². The van der Waals surface area contributed by atoms with Crippen molar-refractivity contribution in [3.8, 4) is 22.7 Å². The average molecular weight is 379 g/mol. The molecule has 0 spiro atoms. The van der Waals surface area contributed by atoms with Crippen LogP contribution in [0.5, 0.6) is 5.75 Å². The Morgan fingerprint density at radius 2 is 1.71 bits per heavy atom. The Bertz CT molecular complexity index is 1020. The van der Waals surface area contributed by atoms with Crippen LogP contribution in [-0.4, -0.2) is 26.7 Å². The van der Waals surface area contributed by atoms with Crippen molar-refractivity contribution in [2.45, 2.75) is 19.4 Å². The molecule has 3 rings (SSSR count). The van der Waals surface area contributed by atoms with Crippen LogP contribution < -0.4 is 11.5 Å². The number of aromatic hydroxyl groups is 1. The van der Waals surface area contributed by atoms with Crippen LogP contribution in [0.2, 0.25) is 0 Å². The van der Waals surface area contributed by atoms with Crippen molar-refractivity contribution in [3.05, 3.63) is 71.4 Å². The van der Waals surface area contributed by atoms with E-state index in [0.29, 0.717) is 17.5 Å². The highest BCUT2D eigenvalue weighted by molar-refractivity contribution is 5.93. The van der Waals surface area contributed by atoms with Gasteiger partial charge in [0, 0.05) is 17.8 Å². The van der Waals surface area contributed by atoms with Crippen molar-refractivity contribution >= 4 is 11.9 Å². The molecule has 0 bridgehead atoms. The number of aryl methyl sites for hydroxylation is 1. The first kappa shape index (κ1) is 19.2. The van der Waals surface area contributed by atoms with E-state index in [0.717, 1.165) is 22.6 Å². The molecule has 2 aromatic carbocycles. The number of benzene rings is 2. The zero-order chi connectivity index (χ0) is 20.3. The van der Waals surface area contributed by atoms with Crippen LogP contribution in [0, 0.1) is 0 Å². The fraction of sp³-hybridized carbons (Fsp3) is 0.143. The number of aliphatic carboxylic acids is 1. The summed E-state index contributed by atoms with van der Waals surface area (Å²) in [5, 5.41) is 18.7. The number of phenols is 1. The molecule has 3 aromatic rings. The molecular weight excluding hydrogens is 358 g/mol. The van der Waals surface area contributed by atoms with E-state index in [1.807, 2.05) is 16.7 Å². The van der Waals surface area contributed by atoms with Gasteiger partial charge in [0.1, 0.15) is 5.75 Å². The van der Waals surface area contributed by atoms with E-state index in [2.05, 4.69) is 0 Å². The van der Waals surface area contributed by atoms with Gasteiger partial charge < -0.3 is 26.2 Å². The second-order valence-electron chi connectivity index (χ2n) is 6.40. The lowest BCUT2D eigenvalue weighted by atomic mass is 10.1. The van der Waals surface area contributed by atoms with Crippen molar-refractivity contribution in [1.29, 1.82) is 0 Å². The molecule has 6 N–H and O–H groups in total. The SMILES string of the molecule is NCc1cc(C(N)=O)ccc1-n1c(CCC(=O)O)ccc1-c1ccc(O)cc1. The summed E-state index contributed by atoms with van der Waals surface area (Å²) in [5.41, 5.74) is 15.6. The highest BCUT2D eigenvalue weighted by Gasteiger charge is 2.16. The Kier molecular flexibility index (Phi) is 5.47. The van der Waals surface area contributed by atoms with E-state index in [4.69, 9.17) is 16.6 Å². The molecule has 1 aromatic heterocycles. The average Bonchev–Trinajstić information content (AvgIpc) is 3.10. The van der Waals surface area contributed by atoms with Gasteiger partial charge in [-0.15, -0.1) is 0 Å². The number of carboxylic acids is 1. The Morgan fingerprint density at radius 3 is 2.32 bits per heavy atom. The molecule has 0 atom stereocenters. The van der Waals surface area contributed by atoms with Crippen molar-refractivity contribution in [3.63, 3.8) is 0 Å². The Morgan fingerprint density at radius 1 is 1.00 bits per heavy atom. The molecule has 1 heterocycles. The number of nitrogens with zero attached hydrogens (tertiary/aromatic N) is 1. The second-order valence-corrected chi connectivity index (χ2v) is 6.40. The lowest BCUT2D eigenvalue weighted by Crippen LogP contribution is -2.14. The first-order valence-electron chi connectivity index (χ1n) is 8.75. The lowest BCUT2D eigenvalue weighted by Gasteiger charge is -2.18. The summed E-state index contributed by atoms with van der Waals surface area (Å²) in [6.07, 6.45) is 0.311. The minimum atomic E-state index is -0.887. The summed E-state index contributed by atoms with van der Waals surface area (Å²) in [6.45, 7) is 0.183. The summed E-state index contributed by atoms with van der Waals surface area (Å²) >= 11 is 0. The molecule has 0 aliphatic rings. The number of carbonyl (C=O) groups excluding carboxylic acids is 1. The molecule has 7 heteroatoms. The molecule has 0 radical (unpaired) electrons. The normalized spacial score (nSPS) is 10.8. The van der Waals surface area contributed by atoms with E-state index in [1.54, 1.807) is 42.5 Å². The van der Waals surface area contributed by atoms with Gasteiger partial charge in [-0.25, -0.2) is 0 Å². The van der Waals surface area contributed by atoms with Gasteiger partial charge in [0.25, 0.3) is 0 Å². The van der Waals surface area contributed by atoms with Gasteiger partial charge in [0.05, 0.1) is 17.8 Å². The van der Waals surface area contributed by atoms with Crippen molar-refractivity contribution < 1.29 is 19.8 Å². The number of aromatic nitrogens is 1. The summed E-state index contributed by atoms with van der Waals surface area (Å²) in [4.78, 5) is 22.6. The van der Waals surface area contributed by atoms with Crippen LogP contribution in [0.3, 0.4) is 0 Å². The molecule has 28 heavy (non-hydrogen) atoms. The number of phenolic OH excluding ortho intramolecular Hbond substituents is 1. The highest BCUT2D eigenvalue weighted by atomic mass is 16.4. The predicted molar refractivity (Wildman–Crippen MR) is 105 cm³/mol. The Balaban J connectivity index is 2.19. The first-order valence-corrected chi connectivity index (χ1v) is 8.75. The van der Waals surface area contributed by atoms with Crippen LogP contribution in [-0.2, 0) is 17.8 Å². The number of hydrogen-bond donors (Lipinski definition) is 4. The van der Waals surface area contributed by atoms with Crippen LogP contribution in [0.1, 0.15) is 28.0 Å². The third-order valence-electron chi connectivity index (χ3n) is 4.54. The molecule has 0 aliphatic heterocycles. The Labute approximate surface area is 161 Å². The highest BCUT2D eigenvalue weighted by Crippen LogP contribution is 2.30. The number of rotatable bonds is 7. The van der Waals surface area contributed by atoms with Gasteiger partial charge >= 0.3 is 5.97 Å². The molecule has 0 saturated heterocycles. The maximum atomic E-state index is 11.5. The second kappa shape index (κ2) is 7.98. The van der Waals surface area contributed by atoms with Crippen molar-refractivity contribution in [2.75, 3.05) is 0 Å². The van der Waals surface area contributed by atoms with Crippen LogP contribution in [0.4, 0.5) is 0 Å². The summed E-state index contributed by atoms with van der Waals surface area (Å²) < 4.78 is 1.93. The summed E-state index contributed by atoms with van der Waals surface area (Å²) in [7, 11) is 0. The summed E-state index contributed by atoms with van der Waals surface area (Å²) in [6, 6.07) is 15.5. The smallest absolute Gasteiger partial charge is 0.303 e. The van der Waals surface area contributed by atoms with Crippen molar-refractivity contribution in [1.82, 2.24) is 4.57 Å². The molecular formula is C21H21N3O4. The minimum absolute atomic E-state index is 0.0175. The van der Waals surface area contributed by atoms with E-state index in [-0.39, 0.29) is 18.7 Å². The number of hydrogen-bond acceptors (Lipinski definition) is 4. The molecule has 0 saturated carbocycles. The maximum absolute atomic E-state index is 11.5. The molecule has 0 fully saturated rings. The molecule has 144 valence electrons. The predicted octanol–water partition coefficient (Wildman–Crippen LogP) is 2.42.